The van der Waals surface area contributed by atoms with Gasteiger partial charge in [0.2, 0.25) is 5.75 Å². The van der Waals surface area contributed by atoms with Crippen LogP contribution in [0.25, 0.3) is 0 Å². The van der Waals surface area contributed by atoms with Crippen molar-refractivity contribution < 1.29 is 14.2 Å². The van der Waals surface area contributed by atoms with Crippen molar-refractivity contribution in [2.24, 2.45) is 7.05 Å². The van der Waals surface area contributed by atoms with E-state index >= 15 is 0 Å². The Bertz CT molecular complexity index is 505. The number of hydrogen-bond acceptors (Lipinski definition) is 3. The number of aromatic nitrogens is 1. The number of aryl methyl sites for hydroxylation is 1. The lowest BCUT2D eigenvalue weighted by atomic mass is 10.3. The molecule has 2 aromatic rings. The third-order valence-electron chi connectivity index (χ3n) is 2.48. The van der Waals surface area contributed by atoms with E-state index in [2.05, 4.69) is 0 Å². The van der Waals surface area contributed by atoms with Crippen molar-refractivity contribution in [2.75, 3.05) is 14.2 Å². The van der Waals surface area contributed by atoms with Crippen molar-refractivity contribution in [3.05, 3.63) is 36.5 Å². The second-order valence-electron chi connectivity index (χ2n) is 3.55. The van der Waals surface area contributed by atoms with Crippen LogP contribution in [0.4, 0.5) is 0 Å². The standard InChI is InChI=1S/C13H15NO3/c1-14-9-5-8-12(14)17-11-7-4-6-10(15-2)13(11)16-3/h4-9H,1-3H3. The van der Waals surface area contributed by atoms with Crippen molar-refractivity contribution in [3.63, 3.8) is 0 Å². The molecule has 0 aliphatic heterocycles. The molecule has 0 atom stereocenters. The van der Waals surface area contributed by atoms with Crippen LogP contribution in [0.5, 0.6) is 23.1 Å². The van der Waals surface area contributed by atoms with E-state index < -0.39 is 0 Å². The van der Waals surface area contributed by atoms with Crippen LogP contribution in [0.1, 0.15) is 0 Å². The maximum atomic E-state index is 5.77. The first-order valence-electron chi connectivity index (χ1n) is 5.26. The third-order valence-corrected chi connectivity index (χ3v) is 2.48. The fourth-order valence-corrected chi connectivity index (χ4v) is 1.60. The highest BCUT2D eigenvalue weighted by Gasteiger charge is 2.12. The summed E-state index contributed by atoms with van der Waals surface area (Å²) in [6, 6.07) is 9.34. The molecule has 1 aromatic heterocycles. The number of para-hydroxylation sites is 1. The Morgan fingerprint density at radius 1 is 0.941 bits per heavy atom. The first-order valence-corrected chi connectivity index (χ1v) is 5.26. The maximum absolute atomic E-state index is 5.77. The second-order valence-corrected chi connectivity index (χ2v) is 3.55. The smallest absolute Gasteiger partial charge is 0.204 e. The molecule has 0 radical (unpaired) electrons. The van der Waals surface area contributed by atoms with Crippen molar-refractivity contribution in [1.29, 1.82) is 0 Å². The summed E-state index contributed by atoms with van der Waals surface area (Å²) in [7, 11) is 5.11. The summed E-state index contributed by atoms with van der Waals surface area (Å²) in [5, 5.41) is 0. The van der Waals surface area contributed by atoms with Crippen molar-refractivity contribution in [1.82, 2.24) is 4.57 Å². The molecule has 17 heavy (non-hydrogen) atoms. The minimum atomic E-state index is 0.594. The first kappa shape index (κ1) is 11.4. The van der Waals surface area contributed by atoms with E-state index in [4.69, 9.17) is 14.2 Å². The predicted molar refractivity (Wildman–Crippen MR) is 65.0 cm³/mol. The number of benzene rings is 1. The van der Waals surface area contributed by atoms with Gasteiger partial charge in [-0.05, 0) is 18.2 Å². The summed E-state index contributed by atoms with van der Waals surface area (Å²) in [6.45, 7) is 0. The summed E-state index contributed by atoms with van der Waals surface area (Å²) < 4.78 is 18.2. The minimum Gasteiger partial charge on any atom is -0.493 e. The fourth-order valence-electron chi connectivity index (χ4n) is 1.60. The molecule has 0 saturated heterocycles. The van der Waals surface area contributed by atoms with Gasteiger partial charge in [-0.15, -0.1) is 0 Å². The van der Waals surface area contributed by atoms with Crippen molar-refractivity contribution in [3.8, 4) is 23.1 Å². The molecule has 0 aliphatic carbocycles. The summed E-state index contributed by atoms with van der Waals surface area (Å²) >= 11 is 0. The summed E-state index contributed by atoms with van der Waals surface area (Å²) in [5.74, 6) is 2.63. The Hall–Kier alpha value is -2.10. The molecule has 0 amide bonds. The maximum Gasteiger partial charge on any atom is 0.204 e. The molecule has 0 bridgehead atoms. The molecule has 4 nitrogen and oxygen atoms in total. The van der Waals surface area contributed by atoms with Crippen LogP contribution in [0, 0.1) is 0 Å². The van der Waals surface area contributed by atoms with E-state index in [1.165, 1.54) is 0 Å². The molecule has 1 heterocycles. The van der Waals surface area contributed by atoms with Gasteiger partial charge in [0.25, 0.3) is 0 Å². The monoisotopic (exact) mass is 233 g/mol. The van der Waals surface area contributed by atoms with Gasteiger partial charge >= 0.3 is 0 Å². The van der Waals surface area contributed by atoms with Crippen molar-refractivity contribution >= 4 is 0 Å². The van der Waals surface area contributed by atoms with Crippen LogP contribution in [0.2, 0.25) is 0 Å². The highest BCUT2D eigenvalue weighted by atomic mass is 16.5. The van der Waals surface area contributed by atoms with Crippen LogP contribution in [0.15, 0.2) is 36.5 Å². The normalized spacial score (nSPS) is 10.1. The Morgan fingerprint density at radius 3 is 2.29 bits per heavy atom. The Balaban J connectivity index is 2.36. The van der Waals surface area contributed by atoms with E-state index in [-0.39, 0.29) is 0 Å². The van der Waals surface area contributed by atoms with Gasteiger partial charge in [-0.1, -0.05) is 6.07 Å². The fraction of sp³-hybridized carbons (Fsp3) is 0.231. The lowest BCUT2D eigenvalue weighted by molar-refractivity contribution is 0.332. The number of ether oxygens (including phenoxy) is 3. The van der Waals surface area contributed by atoms with E-state index in [1.54, 1.807) is 14.2 Å². The molecular formula is C13H15NO3. The molecular weight excluding hydrogens is 218 g/mol. The highest BCUT2D eigenvalue weighted by Crippen LogP contribution is 2.38. The van der Waals surface area contributed by atoms with Gasteiger partial charge in [0.15, 0.2) is 17.4 Å². The van der Waals surface area contributed by atoms with Gasteiger partial charge in [-0.2, -0.15) is 0 Å². The highest BCUT2D eigenvalue weighted by molar-refractivity contribution is 5.52. The largest absolute Gasteiger partial charge is 0.493 e. The van der Waals surface area contributed by atoms with Crippen LogP contribution < -0.4 is 14.2 Å². The minimum absolute atomic E-state index is 0.594. The van der Waals surface area contributed by atoms with Gasteiger partial charge < -0.3 is 18.8 Å². The lowest BCUT2D eigenvalue weighted by Gasteiger charge is -2.13. The van der Waals surface area contributed by atoms with Crippen LogP contribution >= 0.6 is 0 Å². The number of hydrogen-bond donors (Lipinski definition) is 0. The molecule has 0 saturated carbocycles. The van der Waals surface area contributed by atoms with Crippen LogP contribution in [-0.2, 0) is 7.05 Å². The topological polar surface area (TPSA) is 32.6 Å². The number of nitrogens with zero attached hydrogens (tertiary/aromatic N) is 1. The number of rotatable bonds is 4. The van der Waals surface area contributed by atoms with Gasteiger partial charge in [0.1, 0.15) is 0 Å². The molecule has 1 aromatic carbocycles. The summed E-state index contributed by atoms with van der Waals surface area (Å²) in [5.41, 5.74) is 0. The van der Waals surface area contributed by atoms with Gasteiger partial charge in [-0.3, -0.25) is 0 Å². The first-order chi connectivity index (χ1) is 8.26. The Kier molecular flexibility index (Phi) is 3.23. The molecule has 0 unspecified atom stereocenters. The molecule has 4 heteroatoms. The van der Waals surface area contributed by atoms with Crippen LogP contribution in [-0.4, -0.2) is 18.8 Å². The molecule has 2 rings (SSSR count). The zero-order valence-corrected chi connectivity index (χ0v) is 10.1. The average molecular weight is 233 g/mol. The summed E-state index contributed by atoms with van der Waals surface area (Å²) in [4.78, 5) is 0. The Labute approximate surface area is 100 Å². The zero-order chi connectivity index (χ0) is 12.3. The quantitative estimate of drug-likeness (QED) is 0.814. The third kappa shape index (κ3) is 2.20. The summed E-state index contributed by atoms with van der Waals surface area (Å²) in [6.07, 6.45) is 1.92. The predicted octanol–water partition coefficient (Wildman–Crippen LogP) is 2.83. The van der Waals surface area contributed by atoms with Crippen molar-refractivity contribution in [2.45, 2.75) is 0 Å². The van der Waals surface area contributed by atoms with Gasteiger partial charge in [-0.25, -0.2) is 0 Å². The SMILES string of the molecule is COc1cccc(Oc2cccn2C)c1OC. The molecule has 0 fully saturated rings. The Morgan fingerprint density at radius 2 is 1.71 bits per heavy atom. The van der Waals surface area contributed by atoms with Gasteiger partial charge in [0, 0.05) is 19.3 Å². The van der Waals surface area contributed by atoms with E-state index in [9.17, 15) is 0 Å². The average Bonchev–Trinajstić information content (AvgIpc) is 2.74. The van der Waals surface area contributed by atoms with Crippen LogP contribution in [0.3, 0.4) is 0 Å². The molecule has 0 N–H and O–H groups in total. The van der Waals surface area contributed by atoms with E-state index in [0.717, 1.165) is 5.88 Å². The molecule has 0 spiro atoms. The van der Waals surface area contributed by atoms with E-state index in [1.807, 2.05) is 48.1 Å². The lowest BCUT2D eigenvalue weighted by Crippen LogP contribution is -1.96. The van der Waals surface area contributed by atoms with Gasteiger partial charge in [0.05, 0.1) is 14.2 Å². The van der Waals surface area contributed by atoms with E-state index in [0.29, 0.717) is 17.2 Å². The zero-order valence-electron chi connectivity index (χ0n) is 10.1. The second kappa shape index (κ2) is 4.82. The number of methoxy groups -OCH3 is 2. The molecule has 90 valence electrons. The molecule has 0 aliphatic rings.